The third-order valence-electron chi connectivity index (χ3n) is 6.18. The zero-order chi connectivity index (χ0) is 17.1. The molecule has 0 bridgehead atoms. The summed E-state index contributed by atoms with van der Waals surface area (Å²) >= 11 is 0. The maximum Gasteiger partial charge on any atom is 0.249 e. The average Bonchev–Trinajstić information content (AvgIpc) is 2.93. The maximum atomic E-state index is 12.8. The molecular formula is C17H24F2N2O3. The summed E-state index contributed by atoms with van der Waals surface area (Å²) in [7, 11) is 0. The summed E-state index contributed by atoms with van der Waals surface area (Å²) in [6.07, 6.45) is 0.358. The zero-order valence-electron chi connectivity index (χ0n) is 13.8. The van der Waals surface area contributed by atoms with Crippen LogP contribution in [0.2, 0.25) is 0 Å². The number of carbonyl (C=O) groups is 2. The number of carbonyl (C=O) groups excluding carboxylic acids is 2. The van der Waals surface area contributed by atoms with E-state index in [1.165, 1.54) is 0 Å². The van der Waals surface area contributed by atoms with Gasteiger partial charge < -0.3 is 15.0 Å². The third-order valence-corrected chi connectivity index (χ3v) is 6.18. The summed E-state index contributed by atoms with van der Waals surface area (Å²) in [5.41, 5.74) is 0. The second-order valence-electron chi connectivity index (χ2n) is 8.06. The summed E-state index contributed by atoms with van der Waals surface area (Å²) < 4.78 is 31.5. The number of hydrogen-bond acceptors (Lipinski definition) is 3. The molecule has 2 saturated heterocycles. The van der Waals surface area contributed by atoms with Crippen molar-refractivity contribution >= 4 is 11.8 Å². The standard InChI is InChI=1S/C17H24F2N2O3/c1-9-2-12(9)16(23)21-6-13-11(8-24-14(13)7-21)5-20-15(22)10-3-17(18,19)4-10/h9-14H,2-8H2,1H3,(H,20,22)/t9-,11+,12-,13-,14-/m1/s1. The van der Waals surface area contributed by atoms with Gasteiger partial charge in [-0.1, -0.05) is 6.92 Å². The molecule has 0 aromatic heterocycles. The van der Waals surface area contributed by atoms with Crippen molar-refractivity contribution in [3.8, 4) is 0 Å². The van der Waals surface area contributed by atoms with Gasteiger partial charge in [0, 0.05) is 56.1 Å². The molecule has 1 N–H and O–H groups in total. The number of rotatable bonds is 4. The van der Waals surface area contributed by atoms with E-state index >= 15 is 0 Å². The Morgan fingerprint density at radius 1 is 1.29 bits per heavy atom. The second-order valence-corrected chi connectivity index (χ2v) is 8.06. The van der Waals surface area contributed by atoms with Gasteiger partial charge in [-0.15, -0.1) is 0 Å². The quantitative estimate of drug-likeness (QED) is 0.837. The minimum Gasteiger partial charge on any atom is -0.376 e. The Balaban J connectivity index is 1.26. The van der Waals surface area contributed by atoms with Gasteiger partial charge in [-0.2, -0.15) is 0 Å². The van der Waals surface area contributed by atoms with Crippen molar-refractivity contribution < 1.29 is 23.1 Å². The SMILES string of the molecule is C[C@@H]1C[C@H]1C(=O)N1C[C@@H]2[C@@H](CNC(=O)C3CC(F)(F)C3)CO[C@@H]2C1. The topological polar surface area (TPSA) is 58.6 Å². The van der Waals surface area contributed by atoms with Gasteiger partial charge in [0.05, 0.1) is 12.7 Å². The highest BCUT2D eigenvalue weighted by Gasteiger charge is 2.51. The molecule has 5 nitrogen and oxygen atoms in total. The summed E-state index contributed by atoms with van der Waals surface area (Å²) in [6.45, 7) is 4.45. The first-order valence-corrected chi connectivity index (χ1v) is 8.90. The smallest absolute Gasteiger partial charge is 0.249 e. The molecule has 7 heteroatoms. The predicted molar refractivity (Wildman–Crippen MR) is 81.3 cm³/mol. The van der Waals surface area contributed by atoms with Crippen LogP contribution in [0.15, 0.2) is 0 Å². The monoisotopic (exact) mass is 342 g/mol. The first-order chi connectivity index (χ1) is 11.3. The van der Waals surface area contributed by atoms with E-state index in [0.717, 1.165) is 6.42 Å². The van der Waals surface area contributed by atoms with Crippen LogP contribution < -0.4 is 5.32 Å². The van der Waals surface area contributed by atoms with E-state index in [0.29, 0.717) is 32.2 Å². The molecule has 24 heavy (non-hydrogen) atoms. The van der Waals surface area contributed by atoms with Gasteiger partial charge in [-0.3, -0.25) is 9.59 Å². The fourth-order valence-electron chi connectivity index (χ4n) is 4.31. The molecule has 0 spiro atoms. The van der Waals surface area contributed by atoms with E-state index in [-0.39, 0.29) is 48.5 Å². The van der Waals surface area contributed by atoms with Crippen LogP contribution in [0.25, 0.3) is 0 Å². The normalized spacial score (nSPS) is 40.1. The minimum absolute atomic E-state index is 0.0537. The van der Waals surface area contributed by atoms with Crippen LogP contribution >= 0.6 is 0 Å². The zero-order valence-corrected chi connectivity index (χ0v) is 13.8. The van der Waals surface area contributed by atoms with Crippen LogP contribution in [-0.2, 0) is 14.3 Å². The molecule has 0 unspecified atom stereocenters. The van der Waals surface area contributed by atoms with Gasteiger partial charge >= 0.3 is 0 Å². The number of fused-ring (bicyclic) bond motifs is 1. The molecule has 2 saturated carbocycles. The minimum atomic E-state index is -2.67. The van der Waals surface area contributed by atoms with Crippen molar-refractivity contribution in [1.29, 1.82) is 0 Å². The summed E-state index contributed by atoms with van der Waals surface area (Å²) in [4.78, 5) is 26.2. The average molecular weight is 342 g/mol. The largest absolute Gasteiger partial charge is 0.376 e. The van der Waals surface area contributed by atoms with Crippen LogP contribution in [0, 0.1) is 29.6 Å². The van der Waals surface area contributed by atoms with Crippen LogP contribution in [0.3, 0.4) is 0 Å². The molecule has 134 valence electrons. The molecule has 0 radical (unpaired) electrons. The van der Waals surface area contributed by atoms with Gasteiger partial charge in [-0.25, -0.2) is 8.78 Å². The van der Waals surface area contributed by atoms with Crippen molar-refractivity contribution in [3.05, 3.63) is 0 Å². The Morgan fingerprint density at radius 2 is 2.00 bits per heavy atom. The number of nitrogens with one attached hydrogen (secondary N) is 1. The summed E-state index contributed by atoms with van der Waals surface area (Å²) in [5, 5.41) is 2.81. The lowest BCUT2D eigenvalue weighted by Crippen LogP contribution is -2.46. The molecular weight excluding hydrogens is 318 g/mol. The van der Waals surface area contributed by atoms with Crippen molar-refractivity contribution in [1.82, 2.24) is 10.2 Å². The molecule has 4 aliphatic rings. The highest BCUT2D eigenvalue weighted by atomic mass is 19.3. The van der Waals surface area contributed by atoms with Crippen molar-refractivity contribution in [2.24, 2.45) is 29.6 Å². The van der Waals surface area contributed by atoms with E-state index in [1.807, 2.05) is 4.90 Å². The van der Waals surface area contributed by atoms with Crippen molar-refractivity contribution in [3.63, 3.8) is 0 Å². The first kappa shape index (κ1) is 16.2. The fourth-order valence-corrected chi connectivity index (χ4v) is 4.31. The van der Waals surface area contributed by atoms with Gasteiger partial charge in [0.2, 0.25) is 17.7 Å². The molecule has 2 heterocycles. The molecule has 5 atom stereocenters. The molecule has 2 aliphatic carbocycles. The summed E-state index contributed by atoms with van der Waals surface area (Å²) in [6, 6.07) is 0. The summed E-state index contributed by atoms with van der Waals surface area (Å²) in [5.74, 6) is -2.19. The molecule has 0 aromatic rings. The number of hydrogen-bond donors (Lipinski definition) is 1. The molecule has 4 fully saturated rings. The van der Waals surface area contributed by atoms with Gasteiger partial charge in [0.25, 0.3) is 0 Å². The van der Waals surface area contributed by atoms with Crippen LogP contribution in [0.5, 0.6) is 0 Å². The lowest BCUT2D eigenvalue weighted by molar-refractivity contribution is -0.150. The Bertz CT molecular complexity index is 548. The number of alkyl halides is 2. The number of ether oxygens (including phenoxy) is 1. The highest BCUT2D eigenvalue weighted by Crippen LogP contribution is 2.43. The van der Waals surface area contributed by atoms with Crippen LogP contribution in [-0.4, -0.2) is 55.0 Å². The molecule has 2 aliphatic heterocycles. The number of amides is 2. The molecule has 2 amide bonds. The molecule has 4 rings (SSSR count). The number of nitrogens with zero attached hydrogens (tertiary/aromatic N) is 1. The van der Waals surface area contributed by atoms with E-state index in [1.54, 1.807) is 0 Å². The van der Waals surface area contributed by atoms with E-state index < -0.39 is 11.8 Å². The first-order valence-electron chi connectivity index (χ1n) is 8.90. The Morgan fingerprint density at radius 3 is 2.62 bits per heavy atom. The Labute approximate surface area is 140 Å². The van der Waals surface area contributed by atoms with Gasteiger partial charge in [0.1, 0.15) is 0 Å². The van der Waals surface area contributed by atoms with E-state index in [2.05, 4.69) is 12.2 Å². The van der Waals surface area contributed by atoms with Gasteiger partial charge in [0.15, 0.2) is 0 Å². The number of likely N-dealkylation sites (tertiary alicyclic amines) is 1. The predicted octanol–water partition coefficient (Wildman–Crippen LogP) is 1.28. The number of halogens is 2. The lowest BCUT2D eigenvalue weighted by atomic mass is 9.80. The maximum absolute atomic E-state index is 12.8. The van der Waals surface area contributed by atoms with Crippen LogP contribution in [0.1, 0.15) is 26.2 Å². The Kier molecular flexibility index (Phi) is 3.82. The highest BCUT2D eigenvalue weighted by molar-refractivity contribution is 5.82. The fraction of sp³-hybridized carbons (Fsp3) is 0.882. The molecule has 0 aromatic carbocycles. The van der Waals surface area contributed by atoms with Crippen molar-refractivity contribution in [2.45, 2.75) is 38.2 Å². The van der Waals surface area contributed by atoms with E-state index in [4.69, 9.17) is 4.74 Å². The van der Waals surface area contributed by atoms with E-state index in [9.17, 15) is 18.4 Å². The van der Waals surface area contributed by atoms with Crippen molar-refractivity contribution in [2.75, 3.05) is 26.2 Å². The lowest BCUT2D eigenvalue weighted by Gasteiger charge is -2.34. The van der Waals surface area contributed by atoms with Crippen LogP contribution in [0.4, 0.5) is 8.78 Å². The second kappa shape index (κ2) is 5.64. The Hall–Kier alpha value is -1.24. The van der Waals surface area contributed by atoms with Gasteiger partial charge in [-0.05, 0) is 12.3 Å². The third kappa shape index (κ3) is 2.91.